The van der Waals surface area contributed by atoms with Gasteiger partial charge in [-0.05, 0) is 13.8 Å². The molecule has 0 fully saturated rings. The Morgan fingerprint density at radius 3 is 2.54 bits per heavy atom. The van der Waals surface area contributed by atoms with Gasteiger partial charge in [0.2, 0.25) is 5.89 Å². The molecule has 13 heavy (non-hydrogen) atoms. The predicted octanol–water partition coefficient (Wildman–Crippen LogP) is 1.70. The Morgan fingerprint density at radius 2 is 2.00 bits per heavy atom. The summed E-state index contributed by atoms with van der Waals surface area (Å²) in [6.45, 7) is 5.85. The zero-order valence-electron chi connectivity index (χ0n) is 7.96. The molecule has 1 aromatic rings. The molecule has 4 nitrogen and oxygen atoms in total. The molecule has 0 atom stereocenters. The second-order valence-electron chi connectivity index (χ2n) is 2.59. The van der Waals surface area contributed by atoms with E-state index in [1.165, 1.54) is 0 Å². The molecule has 0 amide bonds. The SMILES string of the molecule is CCN(CC)c1nnc(CCCl)o1. The fourth-order valence-corrected chi connectivity index (χ4v) is 1.21. The quantitative estimate of drug-likeness (QED) is 0.684. The Bertz CT molecular complexity index is 247. The van der Waals surface area contributed by atoms with E-state index in [4.69, 9.17) is 16.0 Å². The van der Waals surface area contributed by atoms with Gasteiger partial charge >= 0.3 is 6.01 Å². The summed E-state index contributed by atoms with van der Waals surface area (Å²) in [5, 5.41) is 7.81. The highest BCUT2D eigenvalue weighted by molar-refractivity contribution is 6.17. The summed E-state index contributed by atoms with van der Waals surface area (Å²) in [5.74, 6) is 1.12. The van der Waals surface area contributed by atoms with Crippen molar-refractivity contribution < 1.29 is 4.42 Å². The molecule has 1 aromatic heterocycles. The van der Waals surface area contributed by atoms with E-state index in [1.54, 1.807) is 0 Å². The number of hydrogen-bond donors (Lipinski definition) is 0. The van der Waals surface area contributed by atoms with Crippen LogP contribution in [-0.2, 0) is 6.42 Å². The first-order valence-electron chi connectivity index (χ1n) is 4.45. The minimum Gasteiger partial charge on any atom is -0.408 e. The summed E-state index contributed by atoms with van der Waals surface area (Å²) in [7, 11) is 0. The zero-order valence-corrected chi connectivity index (χ0v) is 8.71. The fraction of sp³-hybridized carbons (Fsp3) is 0.750. The van der Waals surface area contributed by atoms with Gasteiger partial charge in [-0.15, -0.1) is 16.7 Å². The maximum absolute atomic E-state index is 5.55. The van der Waals surface area contributed by atoms with Crippen molar-refractivity contribution in [1.82, 2.24) is 10.2 Å². The van der Waals surface area contributed by atoms with Gasteiger partial charge in [-0.3, -0.25) is 0 Å². The van der Waals surface area contributed by atoms with Crippen molar-refractivity contribution in [2.75, 3.05) is 23.9 Å². The van der Waals surface area contributed by atoms with Gasteiger partial charge in [0.25, 0.3) is 0 Å². The van der Waals surface area contributed by atoms with Crippen LogP contribution >= 0.6 is 11.6 Å². The van der Waals surface area contributed by atoms with Crippen LogP contribution in [0.15, 0.2) is 4.42 Å². The number of aryl methyl sites for hydroxylation is 1. The van der Waals surface area contributed by atoms with E-state index in [2.05, 4.69) is 24.0 Å². The Balaban J connectivity index is 2.66. The lowest BCUT2D eigenvalue weighted by molar-refractivity contribution is 0.492. The molecule has 0 N–H and O–H groups in total. The van der Waals surface area contributed by atoms with Crippen LogP contribution in [0, 0.1) is 0 Å². The molecule has 0 aliphatic heterocycles. The Morgan fingerprint density at radius 1 is 1.31 bits per heavy atom. The van der Waals surface area contributed by atoms with Crippen molar-refractivity contribution in [1.29, 1.82) is 0 Å². The van der Waals surface area contributed by atoms with Gasteiger partial charge in [0, 0.05) is 25.4 Å². The van der Waals surface area contributed by atoms with Crippen LogP contribution < -0.4 is 4.90 Å². The van der Waals surface area contributed by atoms with Crippen LogP contribution in [0.5, 0.6) is 0 Å². The molecule has 0 bridgehead atoms. The lowest BCUT2D eigenvalue weighted by Gasteiger charge is -2.13. The van der Waals surface area contributed by atoms with Gasteiger partial charge in [-0.25, -0.2) is 0 Å². The number of rotatable bonds is 5. The van der Waals surface area contributed by atoms with Crippen molar-refractivity contribution in [2.24, 2.45) is 0 Å². The summed E-state index contributed by atoms with van der Waals surface area (Å²) >= 11 is 5.55. The molecule has 1 rings (SSSR count). The Kier molecular flexibility index (Phi) is 4.02. The largest absolute Gasteiger partial charge is 0.408 e. The van der Waals surface area contributed by atoms with E-state index in [0.717, 1.165) is 13.1 Å². The highest BCUT2D eigenvalue weighted by atomic mass is 35.5. The second-order valence-corrected chi connectivity index (χ2v) is 2.97. The summed E-state index contributed by atoms with van der Waals surface area (Å²) in [4.78, 5) is 2.00. The normalized spacial score (nSPS) is 10.4. The van der Waals surface area contributed by atoms with Crippen molar-refractivity contribution >= 4 is 17.6 Å². The predicted molar refractivity (Wildman–Crippen MR) is 52.3 cm³/mol. The maximum Gasteiger partial charge on any atom is 0.318 e. The van der Waals surface area contributed by atoms with Gasteiger partial charge in [0.05, 0.1) is 0 Å². The van der Waals surface area contributed by atoms with Crippen LogP contribution in [-0.4, -0.2) is 29.2 Å². The van der Waals surface area contributed by atoms with E-state index in [1.807, 2.05) is 4.90 Å². The third-order valence-electron chi connectivity index (χ3n) is 1.80. The minimum atomic E-state index is 0.514. The summed E-state index contributed by atoms with van der Waals surface area (Å²) < 4.78 is 5.39. The molecule has 0 saturated carbocycles. The number of halogens is 1. The van der Waals surface area contributed by atoms with E-state index < -0.39 is 0 Å². The minimum absolute atomic E-state index is 0.514. The summed E-state index contributed by atoms with van der Waals surface area (Å²) in [5.41, 5.74) is 0. The third-order valence-corrected chi connectivity index (χ3v) is 1.99. The highest BCUT2D eigenvalue weighted by Gasteiger charge is 2.10. The number of hydrogen-bond acceptors (Lipinski definition) is 4. The molecule has 0 aliphatic carbocycles. The Labute approximate surface area is 82.9 Å². The lowest BCUT2D eigenvalue weighted by Crippen LogP contribution is -2.22. The van der Waals surface area contributed by atoms with Crippen molar-refractivity contribution in [2.45, 2.75) is 20.3 Å². The molecule has 0 radical (unpaired) electrons. The first kappa shape index (κ1) is 10.3. The molecule has 0 aliphatic rings. The first-order valence-corrected chi connectivity index (χ1v) is 4.98. The van der Waals surface area contributed by atoms with Crippen LogP contribution in [0.25, 0.3) is 0 Å². The number of anilines is 1. The van der Waals surface area contributed by atoms with E-state index in [-0.39, 0.29) is 0 Å². The molecule has 0 saturated heterocycles. The van der Waals surface area contributed by atoms with E-state index in [0.29, 0.717) is 24.2 Å². The van der Waals surface area contributed by atoms with Crippen LogP contribution in [0.4, 0.5) is 6.01 Å². The van der Waals surface area contributed by atoms with Crippen molar-refractivity contribution in [3.63, 3.8) is 0 Å². The molecule has 0 unspecified atom stereocenters. The average molecular weight is 204 g/mol. The van der Waals surface area contributed by atoms with Crippen LogP contribution in [0.3, 0.4) is 0 Å². The molecule has 0 spiro atoms. The van der Waals surface area contributed by atoms with Gasteiger partial charge in [0.1, 0.15) is 0 Å². The fourth-order valence-electron chi connectivity index (χ4n) is 1.05. The van der Waals surface area contributed by atoms with Crippen molar-refractivity contribution in [3.8, 4) is 0 Å². The molecule has 5 heteroatoms. The van der Waals surface area contributed by atoms with Gasteiger partial charge in [-0.2, -0.15) is 0 Å². The lowest BCUT2D eigenvalue weighted by atomic mass is 10.5. The molecule has 1 heterocycles. The monoisotopic (exact) mass is 203 g/mol. The zero-order chi connectivity index (χ0) is 9.68. The number of aromatic nitrogens is 2. The number of nitrogens with zero attached hydrogens (tertiary/aromatic N) is 3. The topological polar surface area (TPSA) is 42.2 Å². The third kappa shape index (κ3) is 2.59. The standard InChI is InChI=1S/C8H14ClN3O/c1-3-12(4-2)8-11-10-7(13-8)5-6-9/h3-6H2,1-2H3. The highest BCUT2D eigenvalue weighted by Crippen LogP contribution is 2.11. The molecule has 0 aromatic carbocycles. The van der Waals surface area contributed by atoms with E-state index >= 15 is 0 Å². The smallest absolute Gasteiger partial charge is 0.318 e. The number of alkyl halides is 1. The van der Waals surface area contributed by atoms with E-state index in [9.17, 15) is 0 Å². The Hall–Kier alpha value is -0.770. The maximum atomic E-state index is 5.55. The molecular formula is C8H14ClN3O. The van der Waals surface area contributed by atoms with Crippen molar-refractivity contribution in [3.05, 3.63) is 5.89 Å². The first-order chi connectivity index (χ1) is 6.31. The average Bonchev–Trinajstić information content (AvgIpc) is 2.56. The molecular weight excluding hydrogens is 190 g/mol. The second kappa shape index (κ2) is 5.07. The van der Waals surface area contributed by atoms with Gasteiger partial charge < -0.3 is 9.32 Å². The van der Waals surface area contributed by atoms with Crippen LogP contribution in [0.2, 0.25) is 0 Å². The van der Waals surface area contributed by atoms with Gasteiger partial charge in [-0.1, -0.05) is 5.10 Å². The van der Waals surface area contributed by atoms with Gasteiger partial charge in [0.15, 0.2) is 0 Å². The summed E-state index contributed by atoms with van der Waals surface area (Å²) in [6, 6.07) is 0.588. The summed E-state index contributed by atoms with van der Waals surface area (Å²) in [6.07, 6.45) is 0.635. The van der Waals surface area contributed by atoms with Crippen LogP contribution in [0.1, 0.15) is 19.7 Å². The molecule has 74 valence electrons.